The molecule has 0 bridgehead atoms. The molecule has 1 aliphatic rings. The summed E-state index contributed by atoms with van der Waals surface area (Å²) in [7, 11) is -3.16. The van der Waals surface area contributed by atoms with Crippen LogP contribution in [0.4, 0.5) is 5.69 Å². The maximum atomic E-state index is 12.8. The van der Waals surface area contributed by atoms with Crippen LogP contribution in [0.25, 0.3) is 0 Å². The molecule has 1 aliphatic heterocycles. The largest absolute Gasteiger partial charge is 0.452 e. The lowest BCUT2D eigenvalue weighted by Gasteiger charge is -2.28. The number of sulfone groups is 1. The summed E-state index contributed by atoms with van der Waals surface area (Å²) in [5, 5.41) is 0. The highest BCUT2D eigenvalue weighted by atomic mass is 32.2. The summed E-state index contributed by atoms with van der Waals surface area (Å²) in [4.78, 5) is 26.5. The molecule has 28 heavy (non-hydrogen) atoms. The summed E-state index contributed by atoms with van der Waals surface area (Å²) >= 11 is 0. The number of hydrogen-bond donors (Lipinski definition) is 0. The van der Waals surface area contributed by atoms with E-state index in [4.69, 9.17) is 4.74 Å². The van der Waals surface area contributed by atoms with Crippen molar-refractivity contribution in [1.82, 2.24) is 0 Å². The second-order valence-corrected chi connectivity index (χ2v) is 9.01. The van der Waals surface area contributed by atoms with Gasteiger partial charge in [0.2, 0.25) is 0 Å². The molecule has 6 nitrogen and oxygen atoms in total. The highest BCUT2D eigenvalue weighted by molar-refractivity contribution is 7.91. The maximum absolute atomic E-state index is 12.8. The molecule has 148 valence electrons. The molecule has 2 aromatic carbocycles. The first-order chi connectivity index (χ1) is 13.4. The van der Waals surface area contributed by atoms with Gasteiger partial charge in [0.15, 0.2) is 16.4 Å². The van der Waals surface area contributed by atoms with Crippen molar-refractivity contribution in [3.05, 3.63) is 65.7 Å². The molecule has 2 aromatic rings. The van der Waals surface area contributed by atoms with E-state index >= 15 is 0 Å². The monoisotopic (exact) mass is 401 g/mol. The van der Waals surface area contributed by atoms with E-state index < -0.39 is 34.4 Å². The summed E-state index contributed by atoms with van der Waals surface area (Å²) in [5.41, 5.74) is 2.07. The van der Waals surface area contributed by atoms with E-state index in [1.165, 1.54) is 4.90 Å². The molecule has 1 heterocycles. The van der Waals surface area contributed by atoms with Crippen molar-refractivity contribution < 1.29 is 22.7 Å². The van der Waals surface area contributed by atoms with Crippen LogP contribution in [0.15, 0.2) is 54.6 Å². The minimum Gasteiger partial charge on any atom is -0.452 e. The Labute approximate surface area is 165 Å². The zero-order valence-corrected chi connectivity index (χ0v) is 16.5. The van der Waals surface area contributed by atoms with Gasteiger partial charge in [-0.1, -0.05) is 37.3 Å². The Hall–Kier alpha value is -2.67. The van der Waals surface area contributed by atoms with Gasteiger partial charge in [-0.15, -0.1) is 0 Å². The number of ether oxygens (including phenoxy) is 1. The molecule has 0 radical (unpaired) electrons. The Kier molecular flexibility index (Phi) is 6.14. The van der Waals surface area contributed by atoms with Gasteiger partial charge in [-0.25, -0.2) is 13.2 Å². The van der Waals surface area contributed by atoms with Crippen LogP contribution >= 0.6 is 0 Å². The van der Waals surface area contributed by atoms with Gasteiger partial charge in [0, 0.05) is 5.69 Å². The van der Waals surface area contributed by atoms with Crippen molar-refractivity contribution in [3.63, 3.8) is 0 Å². The van der Waals surface area contributed by atoms with E-state index in [1.807, 2.05) is 25.1 Å². The lowest BCUT2D eigenvalue weighted by Crippen LogP contribution is -2.43. The Balaban J connectivity index is 1.71. The number of anilines is 1. The molecule has 0 aromatic heterocycles. The third-order valence-corrected chi connectivity index (χ3v) is 6.55. The SMILES string of the molecule is CCc1ccc(C(=O)OCC(=O)N(c2ccccc2)[C@@H]2CCS(=O)(=O)C2)cc1. The van der Waals surface area contributed by atoms with Crippen LogP contribution in [0.3, 0.4) is 0 Å². The second-order valence-electron chi connectivity index (χ2n) is 6.78. The Bertz CT molecular complexity index is 939. The van der Waals surface area contributed by atoms with Gasteiger partial charge < -0.3 is 9.64 Å². The van der Waals surface area contributed by atoms with Crippen molar-refractivity contribution in [2.24, 2.45) is 0 Å². The first-order valence-electron chi connectivity index (χ1n) is 9.23. The summed E-state index contributed by atoms with van der Waals surface area (Å²) in [6.07, 6.45) is 1.24. The van der Waals surface area contributed by atoms with E-state index in [2.05, 4.69) is 0 Å². The van der Waals surface area contributed by atoms with Crippen molar-refractivity contribution in [3.8, 4) is 0 Å². The highest BCUT2D eigenvalue weighted by Crippen LogP contribution is 2.24. The van der Waals surface area contributed by atoms with Crippen LogP contribution in [0.5, 0.6) is 0 Å². The van der Waals surface area contributed by atoms with Gasteiger partial charge in [0.1, 0.15) is 0 Å². The topological polar surface area (TPSA) is 80.8 Å². The number of para-hydroxylation sites is 1. The Morgan fingerprint density at radius 2 is 1.75 bits per heavy atom. The van der Waals surface area contributed by atoms with E-state index in [9.17, 15) is 18.0 Å². The third kappa shape index (κ3) is 4.78. The molecule has 7 heteroatoms. The van der Waals surface area contributed by atoms with Crippen LogP contribution in [0, 0.1) is 0 Å². The predicted molar refractivity (Wildman–Crippen MR) is 107 cm³/mol. The first kappa shape index (κ1) is 20.1. The van der Waals surface area contributed by atoms with Crippen LogP contribution in [-0.2, 0) is 25.8 Å². The number of amides is 1. The quantitative estimate of drug-likeness (QED) is 0.695. The maximum Gasteiger partial charge on any atom is 0.338 e. The molecule has 1 fully saturated rings. The number of rotatable bonds is 6. The molecular formula is C21H23NO5S. The van der Waals surface area contributed by atoms with Crippen molar-refractivity contribution in [1.29, 1.82) is 0 Å². The van der Waals surface area contributed by atoms with Crippen molar-refractivity contribution >= 4 is 27.4 Å². The summed E-state index contributed by atoms with van der Waals surface area (Å²) in [5.74, 6) is -1.05. The molecular weight excluding hydrogens is 378 g/mol. The van der Waals surface area contributed by atoms with Gasteiger partial charge in [-0.2, -0.15) is 0 Å². The van der Waals surface area contributed by atoms with Gasteiger partial charge in [0.25, 0.3) is 5.91 Å². The average molecular weight is 401 g/mol. The minimum atomic E-state index is -3.16. The lowest BCUT2D eigenvalue weighted by molar-refractivity contribution is -0.122. The number of carbonyl (C=O) groups excluding carboxylic acids is 2. The fraction of sp³-hybridized carbons (Fsp3) is 0.333. The first-order valence-corrected chi connectivity index (χ1v) is 11.1. The number of nitrogens with zero attached hydrogens (tertiary/aromatic N) is 1. The number of benzene rings is 2. The Morgan fingerprint density at radius 1 is 1.07 bits per heavy atom. The van der Waals surface area contributed by atoms with Crippen LogP contribution < -0.4 is 4.90 Å². The van der Waals surface area contributed by atoms with Crippen molar-refractivity contribution in [2.45, 2.75) is 25.8 Å². The third-order valence-electron chi connectivity index (χ3n) is 4.80. The smallest absolute Gasteiger partial charge is 0.338 e. The molecule has 1 amide bonds. The second kappa shape index (κ2) is 8.56. The molecule has 3 rings (SSSR count). The molecule has 0 N–H and O–H groups in total. The molecule has 0 unspecified atom stereocenters. The average Bonchev–Trinajstić information content (AvgIpc) is 3.06. The standard InChI is InChI=1S/C21H23NO5S/c1-2-16-8-10-17(11-9-16)21(24)27-14-20(23)22(18-6-4-3-5-7-18)19-12-13-28(25,26)15-19/h3-11,19H,2,12-15H2,1H3/t19-/m1/s1. The molecule has 1 saturated heterocycles. The van der Waals surface area contributed by atoms with E-state index in [0.717, 1.165) is 12.0 Å². The fourth-order valence-electron chi connectivity index (χ4n) is 3.28. The van der Waals surface area contributed by atoms with E-state index in [0.29, 0.717) is 17.7 Å². The summed E-state index contributed by atoms with van der Waals surface area (Å²) < 4.78 is 29.0. The molecule has 0 spiro atoms. The van der Waals surface area contributed by atoms with E-state index in [-0.39, 0.29) is 11.5 Å². The number of aryl methyl sites for hydroxylation is 1. The molecule has 0 saturated carbocycles. The zero-order chi connectivity index (χ0) is 20.1. The minimum absolute atomic E-state index is 0.0534. The number of hydrogen-bond acceptors (Lipinski definition) is 5. The van der Waals surface area contributed by atoms with Gasteiger partial charge in [0.05, 0.1) is 23.1 Å². The van der Waals surface area contributed by atoms with Crippen LogP contribution in [-0.4, -0.2) is 44.4 Å². The number of carbonyl (C=O) groups is 2. The summed E-state index contributed by atoms with van der Waals surface area (Å²) in [6, 6.07) is 15.4. The zero-order valence-electron chi connectivity index (χ0n) is 15.7. The predicted octanol–water partition coefficient (Wildman–Crippen LogP) is 2.63. The van der Waals surface area contributed by atoms with Gasteiger partial charge in [-0.3, -0.25) is 4.79 Å². The molecule has 1 atom stereocenters. The highest BCUT2D eigenvalue weighted by Gasteiger charge is 2.35. The lowest BCUT2D eigenvalue weighted by atomic mass is 10.1. The molecule has 0 aliphatic carbocycles. The van der Waals surface area contributed by atoms with E-state index in [1.54, 1.807) is 36.4 Å². The van der Waals surface area contributed by atoms with Crippen LogP contribution in [0.1, 0.15) is 29.3 Å². The van der Waals surface area contributed by atoms with Crippen molar-refractivity contribution in [2.75, 3.05) is 23.0 Å². The van der Waals surface area contributed by atoms with Gasteiger partial charge >= 0.3 is 5.97 Å². The number of esters is 1. The summed E-state index contributed by atoms with van der Waals surface area (Å²) in [6.45, 7) is 1.58. The fourth-order valence-corrected chi connectivity index (χ4v) is 4.98. The van der Waals surface area contributed by atoms with Crippen LogP contribution in [0.2, 0.25) is 0 Å². The normalized spacial score (nSPS) is 17.8. The van der Waals surface area contributed by atoms with Gasteiger partial charge in [-0.05, 0) is 42.7 Å². The Morgan fingerprint density at radius 3 is 2.32 bits per heavy atom.